The maximum absolute atomic E-state index is 9.92. The van der Waals surface area contributed by atoms with Crippen LogP contribution in [0.1, 0.15) is 37.0 Å². The zero-order valence-corrected chi connectivity index (χ0v) is 16.5. The van der Waals surface area contributed by atoms with Gasteiger partial charge >= 0.3 is 0 Å². The molecule has 3 N–H and O–H groups in total. The Morgan fingerprint density at radius 2 is 1.93 bits per heavy atom. The van der Waals surface area contributed by atoms with Gasteiger partial charge in [0.25, 0.3) is 0 Å². The maximum Gasteiger partial charge on any atom is 0.250 e. The number of benzene rings is 1. The summed E-state index contributed by atoms with van der Waals surface area (Å²) in [6.45, 7) is 6.53. The van der Waals surface area contributed by atoms with Crippen LogP contribution in [0, 0.1) is 24.2 Å². The average Bonchev–Trinajstić information content (AvgIpc) is 3.07. The lowest BCUT2D eigenvalue weighted by molar-refractivity contribution is -0.465. The van der Waals surface area contributed by atoms with Crippen LogP contribution in [0.3, 0.4) is 0 Å². The predicted molar refractivity (Wildman–Crippen MR) is 110 cm³/mol. The highest BCUT2D eigenvalue weighted by Gasteiger charge is 2.26. The highest BCUT2D eigenvalue weighted by Crippen LogP contribution is 2.29. The summed E-state index contributed by atoms with van der Waals surface area (Å²) in [5.41, 5.74) is 6.86. The molecule has 0 saturated carbocycles. The molecule has 0 unspecified atom stereocenters. The molecule has 4 aromatic rings. The van der Waals surface area contributed by atoms with Crippen molar-refractivity contribution in [2.75, 3.05) is 5.32 Å². The number of nitrogens with zero attached hydrogens (tertiary/aromatic N) is 2. The predicted octanol–water partition coefficient (Wildman–Crippen LogP) is 4.23. The lowest BCUT2D eigenvalue weighted by Gasteiger charge is -2.14. The van der Waals surface area contributed by atoms with Crippen LogP contribution in [0.4, 0.5) is 11.5 Å². The molecule has 28 heavy (non-hydrogen) atoms. The van der Waals surface area contributed by atoms with Crippen molar-refractivity contribution in [3.8, 4) is 6.07 Å². The van der Waals surface area contributed by atoms with Crippen molar-refractivity contribution in [1.82, 2.24) is 4.98 Å². The third kappa shape index (κ3) is 3.07. The molecule has 3 heterocycles. The second-order valence-corrected chi connectivity index (χ2v) is 7.61. The van der Waals surface area contributed by atoms with Crippen LogP contribution in [0.5, 0.6) is 0 Å². The number of rotatable bonds is 5. The smallest absolute Gasteiger partial charge is 0.250 e. The number of para-hydroxylation sites is 2. The number of anilines is 2. The number of pyridine rings is 2. The van der Waals surface area contributed by atoms with Crippen molar-refractivity contribution in [3.63, 3.8) is 0 Å². The van der Waals surface area contributed by atoms with E-state index in [2.05, 4.69) is 52.6 Å². The number of fused-ring (bicyclic) bond motifs is 3. The van der Waals surface area contributed by atoms with E-state index in [0.29, 0.717) is 11.5 Å². The summed E-state index contributed by atoms with van der Waals surface area (Å²) in [6, 6.07) is 14.6. The number of hydrogen-bond acceptors (Lipinski definition) is 2. The zero-order chi connectivity index (χ0) is 19.7. The van der Waals surface area contributed by atoms with Crippen LogP contribution < -0.4 is 14.7 Å². The van der Waals surface area contributed by atoms with Crippen molar-refractivity contribution in [2.45, 2.75) is 33.6 Å². The van der Waals surface area contributed by atoms with Gasteiger partial charge in [-0.1, -0.05) is 26.0 Å². The standard InChI is InChI=1S/C23H23N5/c1-15(2)8-9-18-16(3)19(14-24)23-27-20-6-4-5-7-21(20)28(23)22(18)26-17-10-12-25-13-11-17/h4-7,10-13,15H,8-9H2,1-3H3,(H,25,26,27)/p+2. The Hall–Kier alpha value is -3.39. The molecule has 5 nitrogen and oxygen atoms in total. The molecule has 3 aromatic heterocycles. The van der Waals surface area contributed by atoms with Crippen LogP contribution in [0.2, 0.25) is 0 Å². The van der Waals surface area contributed by atoms with Gasteiger partial charge in [-0.25, -0.2) is 4.98 Å². The molecular weight excluding hydrogens is 346 g/mol. The van der Waals surface area contributed by atoms with Crippen LogP contribution >= 0.6 is 0 Å². The highest BCUT2D eigenvalue weighted by molar-refractivity contribution is 5.78. The molecule has 0 radical (unpaired) electrons. The van der Waals surface area contributed by atoms with E-state index in [1.165, 1.54) is 5.56 Å². The number of imidazole rings is 1. The Balaban J connectivity index is 2.06. The minimum absolute atomic E-state index is 0.591. The number of hydrogen-bond donors (Lipinski definition) is 2. The van der Waals surface area contributed by atoms with E-state index < -0.39 is 0 Å². The summed E-state index contributed by atoms with van der Waals surface area (Å²) in [5.74, 6) is 1.61. The van der Waals surface area contributed by atoms with E-state index in [4.69, 9.17) is 0 Å². The van der Waals surface area contributed by atoms with E-state index in [9.17, 15) is 5.26 Å². The monoisotopic (exact) mass is 371 g/mol. The van der Waals surface area contributed by atoms with Gasteiger partial charge in [-0.05, 0) is 43.4 Å². The number of nitriles is 1. The lowest BCUT2D eigenvalue weighted by Crippen LogP contribution is -2.29. The number of H-pyrrole nitrogens is 2. The highest BCUT2D eigenvalue weighted by atomic mass is 15.1. The Morgan fingerprint density at radius 1 is 1.18 bits per heavy atom. The van der Waals surface area contributed by atoms with Gasteiger partial charge < -0.3 is 0 Å². The van der Waals surface area contributed by atoms with Gasteiger partial charge in [0.2, 0.25) is 11.5 Å². The summed E-state index contributed by atoms with van der Waals surface area (Å²) in [7, 11) is 0. The SMILES string of the molecule is Cc1c(CCC(C)C)c(Nc2cc[nH+]cc2)[n+]2c([nH]c3ccccc32)c1C#N. The molecule has 0 fully saturated rings. The lowest BCUT2D eigenvalue weighted by atomic mass is 9.96. The quantitative estimate of drug-likeness (QED) is 0.515. The van der Waals surface area contributed by atoms with E-state index >= 15 is 0 Å². The normalized spacial score (nSPS) is 11.2. The van der Waals surface area contributed by atoms with Crippen molar-refractivity contribution in [2.24, 2.45) is 5.92 Å². The van der Waals surface area contributed by atoms with Crippen LogP contribution in [-0.4, -0.2) is 4.98 Å². The van der Waals surface area contributed by atoms with Crippen molar-refractivity contribution < 1.29 is 9.38 Å². The molecule has 0 aliphatic heterocycles. The van der Waals surface area contributed by atoms with Gasteiger partial charge in [0, 0.05) is 17.7 Å². The summed E-state index contributed by atoms with van der Waals surface area (Å²) in [6.07, 6.45) is 5.80. The Kier molecular flexibility index (Phi) is 4.70. The Morgan fingerprint density at radius 3 is 2.64 bits per heavy atom. The fourth-order valence-electron chi connectivity index (χ4n) is 3.74. The molecule has 0 atom stereocenters. The Bertz CT molecular complexity index is 1180. The molecule has 0 aliphatic carbocycles. The molecule has 140 valence electrons. The van der Waals surface area contributed by atoms with Crippen LogP contribution in [-0.2, 0) is 6.42 Å². The average molecular weight is 371 g/mol. The third-order valence-corrected chi connectivity index (χ3v) is 5.26. The van der Waals surface area contributed by atoms with Gasteiger partial charge in [0.05, 0.1) is 0 Å². The van der Waals surface area contributed by atoms with Crippen molar-refractivity contribution in [3.05, 3.63) is 65.5 Å². The first-order valence-corrected chi connectivity index (χ1v) is 9.71. The first kappa shape index (κ1) is 18.0. The van der Waals surface area contributed by atoms with Gasteiger partial charge in [0.1, 0.15) is 28.4 Å². The summed E-state index contributed by atoms with van der Waals surface area (Å²) < 4.78 is 2.16. The minimum atomic E-state index is 0.591. The van der Waals surface area contributed by atoms with E-state index in [1.54, 1.807) is 0 Å². The first-order valence-electron chi connectivity index (χ1n) is 9.71. The van der Waals surface area contributed by atoms with Gasteiger partial charge in [0.15, 0.2) is 12.4 Å². The van der Waals surface area contributed by atoms with E-state index in [0.717, 1.165) is 46.6 Å². The fourth-order valence-corrected chi connectivity index (χ4v) is 3.74. The Labute approximate surface area is 164 Å². The van der Waals surface area contributed by atoms with E-state index in [-0.39, 0.29) is 0 Å². The molecule has 5 heteroatoms. The minimum Gasteiger partial charge on any atom is -0.272 e. The molecule has 0 spiro atoms. The first-order chi connectivity index (χ1) is 13.6. The van der Waals surface area contributed by atoms with E-state index in [1.807, 2.05) is 42.7 Å². The topological polar surface area (TPSA) is 69.8 Å². The largest absolute Gasteiger partial charge is 0.272 e. The summed E-state index contributed by atoms with van der Waals surface area (Å²) in [5, 5.41) is 13.5. The van der Waals surface area contributed by atoms with Crippen LogP contribution in [0.25, 0.3) is 16.7 Å². The molecular formula is C23H25N5+2. The van der Waals surface area contributed by atoms with Gasteiger partial charge in [-0.2, -0.15) is 9.66 Å². The number of nitrogens with one attached hydrogen (secondary N) is 3. The van der Waals surface area contributed by atoms with Gasteiger partial charge in [-0.3, -0.25) is 10.3 Å². The second kappa shape index (κ2) is 7.32. The number of aromatic amines is 2. The molecule has 4 rings (SSSR count). The fraction of sp³-hybridized carbons (Fsp3) is 0.261. The summed E-state index contributed by atoms with van der Waals surface area (Å²) >= 11 is 0. The molecule has 1 aromatic carbocycles. The molecule has 0 aliphatic rings. The number of aromatic nitrogens is 3. The third-order valence-electron chi connectivity index (χ3n) is 5.26. The second-order valence-electron chi connectivity index (χ2n) is 7.61. The maximum atomic E-state index is 9.92. The van der Waals surface area contributed by atoms with Crippen molar-refractivity contribution >= 4 is 28.2 Å². The molecule has 0 amide bonds. The molecule has 0 bridgehead atoms. The van der Waals surface area contributed by atoms with Crippen molar-refractivity contribution in [1.29, 1.82) is 5.26 Å². The zero-order valence-electron chi connectivity index (χ0n) is 16.5. The van der Waals surface area contributed by atoms with Gasteiger partial charge in [-0.15, -0.1) is 0 Å². The molecule has 0 saturated heterocycles. The summed E-state index contributed by atoms with van der Waals surface area (Å²) in [4.78, 5) is 6.52. The van der Waals surface area contributed by atoms with Crippen LogP contribution in [0.15, 0.2) is 48.8 Å².